The van der Waals surface area contributed by atoms with Crippen LogP contribution in [0.3, 0.4) is 0 Å². The van der Waals surface area contributed by atoms with E-state index in [9.17, 15) is 4.79 Å². The molecule has 0 spiro atoms. The minimum absolute atomic E-state index is 0.188. The third-order valence-corrected chi connectivity index (χ3v) is 1.46. The third kappa shape index (κ3) is 3.17. The van der Waals surface area contributed by atoms with Gasteiger partial charge in [-0.2, -0.15) is 0 Å². The smallest absolute Gasteiger partial charge is 0.248 e. The summed E-state index contributed by atoms with van der Waals surface area (Å²) < 4.78 is 10.3. The van der Waals surface area contributed by atoms with Crippen molar-refractivity contribution in [3.05, 3.63) is 0 Å². The molecule has 0 aromatic carbocycles. The molecule has 70 valence electrons. The van der Waals surface area contributed by atoms with Gasteiger partial charge >= 0.3 is 0 Å². The highest BCUT2D eigenvalue weighted by Gasteiger charge is 2.17. The first kappa shape index (κ1) is 9.44. The second-order valence-corrected chi connectivity index (χ2v) is 2.46. The van der Waals surface area contributed by atoms with Crippen LogP contribution in [0, 0.1) is 0 Å². The summed E-state index contributed by atoms with van der Waals surface area (Å²) in [5, 5.41) is 0. The molecule has 1 aliphatic heterocycles. The highest BCUT2D eigenvalue weighted by atomic mass is 16.7. The summed E-state index contributed by atoms with van der Waals surface area (Å²) in [5.74, 6) is -0.232. The van der Waals surface area contributed by atoms with Gasteiger partial charge < -0.3 is 9.47 Å². The first-order valence-corrected chi connectivity index (χ1v) is 3.88. The molecule has 1 rings (SSSR count). The molecule has 1 N–H and O–H groups in total. The van der Waals surface area contributed by atoms with E-state index in [1.165, 1.54) is 7.11 Å². The van der Waals surface area contributed by atoms with Crippen LogP contribution >= 0.6 is 0 Å². The molecule has 12 heavy (non-hydrogen) atoms. The molecule has 1 saturated heterocycles. The normalized spacial score (nSPS) is 19.1. The Morgan fingerprint density at radius 1 is 1.58 bits per heavy atom. The lowest BCUT2D eigenvalue weighted by atomic mass is 10.3. The molecule has 1 amide bonds. The number of amides is 1. The van der Waals surface area contributed by atoms with Crippen molar-refractivity contribution in [1.82, 2.24) is 5.48 Å². The average molecular weight is 175 g/mol. The van der Waals surface area contributed by atoms with Gasteiger partial charge in [-0.1, -0.05) is 0 Å². The lowest BCUT2D eigenvalue weighted by Gasteiger charge is -2.22. The van der Waals surface area contributed by atoms with Gasteiger partial charge in [0.2, 0.25) is 5.91 Å². The van der Waals surface area contributed by atoms with Crippen molar-refractivity contribution < 1.29 is 19.1 Å². The minimum Gasteiger partial charge on any atom is -0.352 e. The topological polar surface area (TPSA) is 56.8 Å². The van der Waals surface area contributed by atoms with Gasteiger partial charge in [-0.05, 0) is 6.42 Å². The Morgan fingerprint density at radius 2 is 2.25 bits per heavy atom. The van der Waals surface area contributed by atoms with Gasteiger partial charge in [-0.15, -0.1) is 0 Å². The first-order valence-electron chi connectivity index (χ1n) is 3.88. The van der Waals surface area contributed by atoms with Crippen molar-refractivity contribution in [2.75, 3.05) is 20.3 Å². The molecule has 0 atom stereocenters. The van der Waals surface area contributed by atoms with Crippen molar-refractivity contribution >= 4 is 5.91 Å². The molecule has 0 aromatic rings. The third-order valence-electron chi connectivity index (χ3n) is 1.46. The van der Waals surface area contributed by atoms with E-state index in [-0.39, 0.29) is 12.3 Å². The zero-order valence-electron chi connectivity index (χ0n) is 7.04. The van der Waals surface area contributed by atoms with Gasteiger partial charge in [0.1, 0.15) is 0 Å². The molecule has 0 saturated carbocycles. The summed E-state index contributed by atoms with van der Waals surface area (Å²) in [6.45, 7) is 1.32. The maximum absolute atomic E-state index is 10.9. The number of carbonyl (C=O) groups is 1. The number of rotatable bonds is 3. The quantitative estimate of drug-likeness (QED) is 0.604. The second-order valence-electron chi connectivity index (χ2n) is 2.46. The van der Waals surface area contributed by atoms with E-state index in [4.69, 9.17) is 9.47 Å². The van der Waals surface area contributed by atoms with Crippen LogP contribution in [0.5, 0.6) is 0 Å². The molecule has 1 fully saturated rings. The molecule has 1 heterocycles. The van der Waals surface area contributed by atoms with Gasteiger partial charge in [0.15, 0.2) is 6.29 Å². The van der Waals surface area contributed by atoms with E-state index >= 15 is 0 Å². The van der Waals surface area contributed by atoms with E-state index in [1.54, 1.807) is 0 Å². The number of nitrogens with one attached hydrogen (secondary N) is 1. The lowest BCUT2D eigenvalue weighted by Crippen LogP contribution is -2.32. The maximum atomic E-state index is 10.9. The molecule has 1 aliphatic rings. The predicted octanol–water partition coefficient (Wildman–Crippen LogP) is -0.183. The Balaban J connectivity index is 2.15. The number of hydroxylamine groups is 1. The van der Waals surface area contributed by atoms with Crippen molar-refractivity contribution in [2.24, 2.45) is 0 Å². The maximum Gasteiger partial charge on any atom is 0.248 e. The predicted molar refractivity (Wildman–Crippen MR) is 40.1 cm³/mol. The molecular weight excluding hydrogens is 162 g/mol. The van der Waals surface area contributed by atoms with E-state index in [0.717, 1.165) is 6.42 Å². The largest absolute Gasteiger partial charge is 0.352 e. The fourth-order valence-electron chi connectivity index (χ4n) is 0.961. The molecule has 0 bridgehead atoms. The zero-order chi connectivity index (χ0) is 8.81. The number of carbonyl (C=O) groups excluding carboxylic acids is 1. The first-order chi connectivity index (χ1) is 5.83. The van der Waals surface area contributed by atoms with Crippen molar-refractivity contribution in [2.45, 2.75) is 19.1 Å². The lowest BCUT2D eigenvalue weighted by molar-refractivity contribution is -0.186. The van der Waals surface area contributed by atoms with E-state index in [1.807, 2.05) is 0 Å². The Morgan fingerprint density at radius 3 is 2.83 bits per heavy atom. The van der Waals surface area contributed by atoms with Crippen LogP contribution in [0.2, 0.25) is 0 Å². The number of hydrogen-bond donors (Lipinski definition) is 1. The Hall–Kier alpha value is -0.650. The van der Waals surface area contributed by atoms with Gasteiger partial charge in [-0.25, -0.2) is 5.48 Å². The van der Waals surface area contributed by atoms with Gasteiger partial charge in [0.25, 0.3) is 0 Å². The van der Waals surface area contributed by atoms with Crippen molar-refractivity contribution in [3.63, 3.8) is 0 Å². The van der Waals surface area contributed by atoms with Crippen LogP contribution in [-0.4, -0.2) is 32.5 Å². The summed E-state index contributed by atoms with van der Waals surface area (Å²) in [7, 11) is 1.39. The van der Waals surface area contributed by atoms with Crippen molar-refractivity contribution in [3.8, 4) is 0 Å². The molecule has 0 unspecified atom stereocenters. The summed E-state index contributed by atoms with van der Waals surface area (Å²) in [6.07, 6.45) is 0.671. The molecular formula is C7H13NO4. The second kappa shape index (κ2) is 5.08. The van der Waals surface area contributed by atoms with Crippen LogP contribution < -0.4 is 5.48 Å². The van der Waals surface area contributed by atoms with Crippen molar-refractivity contribution in [1.29, 1.82) is 0 Å². The zero-order valence-corrected chi connectivity index (χ0v) is 7.04. The number of hydrogen-bond acceptors (Lipinski definition) is 4. The standard InChI is InChI=1S/C7H13NO4/c1-10-8-6(9)5-7-11-3-2-4-12-7/h7H,2-5H2,1H3,(H,8,9). The summed E-state index contributed by atoms with van der Waals surface area (Å²) in [4.78, 5) is 15.3. The molecule has 0 aromatic heterocycles. The van der Waals surface area contributed by atoms with E-state index < -0.39 is 6.29 Å². The van der Waals surface area contributed by atoms with Crippen LogP contribution in [0.1, 0.15) is 12.8 Å². The fraction of sp³-hybridized carbons (Fsp3) is 0.857. The SMILES string of the molecule is CONC(=O)CC1OCCCO1. The fourth-order valence-corrected chi connectivity index (χ4v) is 0.961. The van der Waals surface area contributed by atoms with E-state index in [0.29, 0.717) is 13.2 Å². The molecule has 0 aliphatic carbocycles. The molecule has 5 heteroatoms. The molecule has 0 radical (unpaired) electrons. The van der Waals surface area contributed by atoms with Gasteiger partial charge in [0, 0.05) is 0 Å². The number of ether oxygens (including phenoxy) is 2. The van der Waals surface area contributed by atoms with Crippen LogP contribution in [0.15, 0.2) is 0 Å². The van der Waals surface area contributed by atoms with E-state index in [2.05, 4.69) is 10.3 Å². The Bertz CT molecular complexity index is 144. The van der Waals surface area contributed by atoms with Crippen LogP contribution in [-0.2, 0) is 19.1 Å². The summed E-state index contributed by atoms with van der Waals surface area (Å²) in [6, 6.07) is 0. The highest BCUT2D eigenvalue weighted by Crippen LogP contribution is 2.07. The monoisotopic (exact) mass is 175 g/mol. The average Bonchev–Trinajstić information content (AvgIpc) is 2.06. The summed E-state index contributed by atoms with van der Waals surface area (Å²) in [5.41, 5.74) is 2.19. The van der Waals surface area contributed by atoms with Gasteiger partial charge in [0.05, 0.1) is 26.7 Å². The Labute approximate surface area is 70.9 Å². The molecule has 5 nitrogen and oxygen atoms in total. The minimum atomic E-state index is -0.408. The highest BCUT2D eigenvalue weighted by molar-refractivity contribution is 5.75. The summed E-state index contributed by atoms with van der Waals surface area (Å²) >= 11 is 0. The Kier molecular flexibility index (Phi) is 3.99. The van der Waals surface area contributed by atoms with Gasteiger partial charge in [-0.3, -0.25) is 9.63 Å². The van der Waals surface area contributed by atoms with Crippen LogP contribution in [0.25, 0.3) is 0 Å². The van der Waals surface area contributed by atoms with Crippen LogP contribution in [0.4, 0.5) is 0 Å².